The minimum Gasteiger partial charge on any atom is -0.481 e. The normalized spacial score (nSPS) is 17.1. The van der Waals surface area contributed by atoms with Gasteiger partial charge in [0.05, 0.1) is 7.11 Å². The number of methoxy groups -OCH3 is 1. The molecule has 0 spiro atoms. The third kappa shape index (κ3) is 3.22. The Morgan fingerprint density at radius 1 is 1.52 bits per heavy atom. The summed E-state index contributed by atoms with van der Waals surface area (Å²) in [5.41, 5.74) is 2.17. The standard InChI is InChI=1S/C15H16N2O2S2/c1-19-13-8-10(2-5-16-13)9-17-15(18)14-11-3-6-20-12(11)4-7-21-14/h2-3,5-6,8,14H,4,7,9H2,1H3,(H,17,18)/t14-/m0/s1. The minimum atomic E-state index is -0.0799. The lowest BCUT2D eigenvalue weighted by atomic mass is 10.1. The second kappa shape index (κ2) is 6.49. The van der Waals surface area contributed by atoms with Gasteiger partial charge in [-0.15, -0.1) is 23.1 Å². The largest absolute Gasteiger partial charge is 0.481 e. The van der Waals surface area contributed by atoms with E-state index >= 15 is 0 Å². The van der Waals surface area contributed by atoms with Gasteiger partial charge in [0, 0.05) is 23.7 Å². The predicted octanol–water partition coefficient (Wildman–Crippen LogP) is 2.80. The van der Waals surface area contributed by atoms with Crippen LogP contribution in [0.3, 0.4) is 0 Å². The highest BCUT2D eigenvalue weighted by molar-refractivity contribution is 8.00. The summed E-state index contributed by atoms with van der Waals surface area (Å²) in [5.74, 6) is 1.65. The van der Waals surface area contributed by atoms with Gasteiger partial charge in [0.2, 0.25) is 11.8 Å². The molecular formula is C15H16N2O2S2. The Hall–Kier alpha value is -1.53. The molecule has 1 N–H and O–H groups in total. The molecule has 110 valence electrons. The first-order chi connectivity index (χ1) is 10.3. The van der Waals surface area contributed by atoms with Crippen LogP contribution in [-0.2, 0) is 17.8 Å². The van der Waals surface area contributed by atoms with Crippen LogP contribution >= 0.6 is 23.1 Å². The number of thioether (sulfide) groups is 1. The third-order valence-corrected chi connectivity index (χ3v) is 5.63. The van der Waals surface area contributed by atoms with Crippen molar-refractivity contribution < 1.29 is 9.53 Å². The van der Waals surface area contributed by atoms with Crippen molar-refractivity contribution in [1.82, 2.24) is 10.3 Å². The van der Waals surface area contributed by atoms with Gasteiger partial charge < -0.3 is 10.1 Å². The van der Waals surface area contributed by atoms with E-state index in [4.69, 9.17) is 4.74 Å². The molecule has 2 aromatic heterocycles. The second-order valence-corrected chi connectivity index (χ2v) is 6.94. The van der Waals surface area contributed by atoms with Crippen molar-refractivity contribution in [3.8, 4) is 5.88 Å². The van der Waals surface area contributed by atoms with Crippen LogP contribution in [0, 0.1) is 0 Å². The average Bonchev–Trinajstić information content (AvgIpc) is 3.01. The van der Waals surface area contributed by atoms with Crippen LogP contribution in [-0.4, -0.2) is 23.8 Å². The SMILES string of the molecule is COc1cc(CNC(=O)[C@H]2SCCc3sccc32)ccn1. The van der Waals surface area contributed by atoms with Crippen LogP contribution in [0.15, 0.2) is 29.8 Å². The maximum absolute atomic E-state index is 12.4. The Kier molecular flexibility index (Phi) is 4.45. The molecule has 0 bridgehead atoms. The zero-order valence-corrected chi connectivity index (χ0v) is 13.3. The minimum absolute atomic E-state index is 0.0788. The summed E-state index contributed by atoms with van der Waals surface area (Å²) in [7, 11) is 1.58. The molecule has 6 heteroatoms. The topological polar surface area (TPSA) is 51.2 Å². The van der Waals surface area contributed by atoms with E-state index < -0.39 is 0 Å². The lowest BCUT2D eigenvalue weighted by Gasteiger charge is -2.21. The number of amides is 1. The maximum atomic E-state index is 12.4. The molecule has 21 heavy (non-hydrogen) atoms. The molecule has 2 aromatic rings. The number of fused-ring (bicyclic) bond motifs is 1. The van der Waals surface area contributed by atoms with Crippen LogP contribution in [0.25, 0.3) is 0 Å². The Morgan fingerprint density at radius 2 is 2.43 bits per heavy atom. The summed E-state index contributed by atoms with van der Waals surface area (Å²) in [4.78, 5) is 17.8. The fourth-order valence-corrected chi connectivity index (χ4v) is 4.63. The molecule has 0 unspecified atom stereocenters. The molecule has 0 radical (unpaired) electrons. The number of hydrogen-bond donors (Lipinski definition) is 1. The number of pyridine rings is 1. The van der Waals surface area contributed by atoms with Gasteiger partial charge in [0.25, 0.3) is 0 Å². The van der Waals surface area contributed by atoms with E-state index in [0.717, 1.165) is 17.7 Å². The number of carbonyl (C=O) groups excluding carboxylic acids is 1. The molecule has 0 aliphatic carbocycles. The van der Waals surface area contributed by atoms with E-state index in [1.54, 1.807) is 36.4 Å². The monoisotopic (exact) mass is 320 g/mol. The van der Waals surface area contributed by atoms with Crippen LogP contribution in [0.5, 0.6) is 5.88 Å². The molecule has 4 nitrogen and oxygen atoms in total. The highest BCUT2D eigenvalue weighted by atomic mass is 32.2. The van der Waals surface area contributed by atoms with Crippen molar-refractivity contribution in [3.63, 3.8) is 0 Å². The lowest BCUT2D eigenvalue weighted by Crippen LogP contribution is -2.29. The summed E-state index contributed by atoms with van der Waals surface area (Å²) in [6.07, 6.45) is 2.76. The number of nitrogens with one attached hydrogen (secondary N) is 1. The molecular weight excluding hydrogens is 304 g/mol. The number of aryl methyl sites for hydroxylation is 1. The first-order valence-corrected chi connectivity index (χ1v) is 8.65. The van der Waals surface area contributed by atoms with Gasteiger partial charge in [-0.1, -0.05) is 0 Å². The zero-order valence-electron chi connectivity index (χ0n) is 11.7. The van der Waals surface area contributed by atoms with Crippen LogP contribution in [0.1, 0.15) is 21.3 Å². The van der Waals surface area contributed by atoms with Crippen molar-refractivity contribution in [2.45, 2.75) is 18.2 Å². The Balaban J connectivity index is 1.65. The molecule has 3 rings (SSSR count). The number of nitrogens with zero attached hydrogens (tertiary/aromatic N) is 1. The van der Waals surface area contributed by atoms with E-state index in [0.29, 0.717) is 12.4 Å². The lowest BCUT2D eigenvalue weighted by molar-refractivity contribution is -0.120. The van der Waals surface area contributed by atoms with Gasteiger partial charge in [0.15, 0.2) is 0 Å². The Labute approximate surface area is 131 Å². The van der Waals surface area contributed by atoms with Gasteiger partial charge in [0.1, 0.15) is 5.25 Å². The van der Waals surface area contributed by atoms with Gasteiger partial charge in [-0.25, -0.2) is 4.98 Å². The highest BCUT2D eigenvalue weighted by Gasteiger charge is 2.27. The third-order valence-electron chi connectivity index (χ3n) is 3.39. The van der Waals surface area contributed by atoms with Crippen LogP contribution < -0.4 is 10.1 Å². The number of rotatable bonds is 4. The summed E-state index contributed by atoms with van der Waals surface area (Å²) < 4.78 is 5.09. The molecule has 1 aliphatic heterocycles. The fraction of sp³-hybridized carbons (Fsp3) is 0.333. The molecule has 3 heterocycles. The Bertz CT molecular complexity index is 642. The van der Waals surface area contributed by atoms with Gasteiger partial charge in [-0.05, 0) is 40.8 Å². The quantitative estimate of drug-likeness (QED) is 0.941. The van der Waals surface area contributed by atoms with E-state index in [9.17, 15) is 4.79 Å². The van der Waals surface area contributed by atoms with Crippen LogP contribution in [0.4, 0.5) is 0 Å². The van der Waals surface area contributed by atoms with Crippen LogP contribution in [0.2, 0.25) is 0 Å². The smallest absolute Gasteiger partial charge is 0.237 e. The van der Waals surface area contributed by atoms with E-state index in [2.05, 4.69) is 21.7 Å². The van der Waals surface area contributed by atoms with E-state index in [1.807, 2.05) is 12.1 Å². The fourth-order valence-electron chi connectivity index (χ4n) is 2.32. The number of hydrogen-bond acceptors (Lipinski definition) is 5. The highest BCUT2D eigenvalue weighted by Crippen LogP contribution is 2.39. The first-order valence-electron chi connectivity index (χ1n) is 6.72. The molecule has 0 fully saturated rings. The number of carbonyl (C=O) groups is 1. The zero-order chi connectivity index (χ0) is 14.7. The van der Waals surface area contributed by atoms with E-state index in [1.165, 1.54) is 10.4 Å². The average molecular weight is 320 g/mol. The van der Waals surface area contributed by atoms with Gasteiger partial charge >= 0.3 is 0 Å². The molecule has 0 saturated heterocycles. The van der Waals surface area contributed by atoms with Crippen molar-refractivity contribution in [2.24, 2.45) is 0 Å². The summed E-state index contributed by atoms with van der Waals surface area (Å²) in [6, 6.07) is 5.79. The number of thiophene rings is 1. The number of aromatic nitrogens is 1. The Morgan fingerprint density at radius 3 is 3.29 bits per heavy atom. The van der Waals surface area contributed by atoms with Crippen molar-refractivity contribution in [1.29, 1.82) is 0 Å². The maximum Gasteiger partial charge on any atom is 0.237 e. The summed E-state index contributed by atoms with van der Waals surface area (Å²) in [5, 5.41) is 5.01. The molecule has 0 aromatic carbocycles. The van der Waals surface area contributed by atoms with E-state index in [-0.39, 0.29) is 11.2 Å². The summed E-state index contributed by atoms with van der Waals surface area (Å²) >= 11 is 3.47. The van der Waals surface area contributed by atoms with Gasteiger partial charge in [-0.2, -0.15) is 0 Å². The van der Waals surface area contributed by atoms with Crippen molar-refractivity contribution in [3.05, 3.63) is 45.8 Å². The molecule has 1 aliphatic rings. The molecule has 0 saturated carbocycles. The first kappa shape index (κ1) is 14.4. The summed E-state index contributed by atoms with van der Waals surface area (Å²) in [6.45, 7) is 0.494. The molecule has 1 atom stereocenters. The second-order valence-electron chi connectivity index (χ2n) is 4.72. The van der Waals surface area contributed by atoms with Gasteiger partial charge in [-0.3, -0.25) is 4.79 Å². The predicted molar refractivity (Wildman–Crippen MR) is 85.9 cm³/mol. The van der Waals surface area contributed by atoms with Crippen molar-refractivity contribution in [2.75, 3.05) is 12.9 Å². The van der Waals surface area contributed by atoms with Crippen molar-refractivity contribution >= 4 is 29.0 Å². The number of ether oxygens (including phenoxy) is 1. The molecule has 1 amide bonds.